The average Bonchev–Trinajstić information content (AvgIpc) is 2.98. The maximum absolute atomic E-state index is 12.3. The van der Waals surface area contributed by atoms with E-state index in [4.69, 9.17) is 23.8 Å². The summed E-state index contributed by atoms with van der Waals surface area (Å²) in [7, 11) is 0. The van der Waals surface area contributed by atoms with Crippen LogP contribution in [0.25, 0.3) is 5.69 Å². The van der Waals surface area contributed by atoms with Crippen molar-refractivity contribution in [1.29, 1.82) is 0 Å². The highest BCUT2D eigenvalue weighted by molar-refractivity contribution is 8.01. The minimum Gasteiger partial charge on any atom is -0.325 e. The van der Waals surface area contributed by atoms with Crippen LogP contribution in [-0.2, 0) is 4.79 Å². The van der Waals surface area contributed by atoms with Gasteiger partial charge in [-0.2, -0.15) is 0 Å². The smallest absolute Gasteiger partial charge is 0.234 e. The van der Waals surface area contributed by atoms with Gasteiger partial charge < -0.3 is 5.32 Å². The fourth-order valence-corrected chi connectivity index (χ4v) is 4.67. The van der Waals surface area contributed by atoms with E-state index in [1.807, 2.05) is 44.2 Å². The van der Waals surface area contributed by atoms with Gasteiger partial charge in [-0.25, -0.2) is 4.68 Å². The first-order valence-corrected chi connectivity index (χ1v) is 10.4. The number of halogens is 1. The number of anilines is 1. The zero-order valence-corrected chi connectivity index (χ0v) is 17.4. The molecule has 0 aliphatic carbocycles. The molecule has 0 bridgehead atoms. The van der Waals surface area contributed by atoms with Gasteiger partial charge in [0.25, 0.3) is 0 Å². The fourth-order valence-electron chi connectivity index (χ4n) is 2.38. The molecule has 0 unspecified atom stereocenters. The van der Waals surface area contributed by atoms with Gasteiger partial charge in [0.05, 0.1) is 11.4 Å². The number of hydrogen-bond donors (Lipinski definition) is 1. The number of nitrogens with one attached hydrogen (secondary N) is 1. The Morgan fingerprint density at radius 2 is 1.88 bits per heavy atom. The van der Waals surface area contributed by atoms with Crippen molar-refractivity contribution in [1.82, 2.24) is 9.78 Å². The van der Waals surface area contributed by atoms with E-state index in [9.17, 15) is 4.79 Å². The number of para-hydroxylation sites is 1. The third-order valence-corrected chi connectivity index (χ3v) is 6.29. The van der Waals surface area contributed by atoms with E-state index < -0.39 is 0 Å². The zero-order valence-electron chi connectivity index (χ0n) is 14.2. The first kappa shape index (κ1) is 19.1. The molecule has 3 rings (SSSR count). The number of nitrogens with zero attached hydrogens (tertiary/aromatic N) is 2. The molecule has 8 heteroatoms. The van der Waals surface area contributed by atoms with E-state index >= 15 is 0 Å². The van der Waals surface area contributed by atoms with Gasteiger partial charge >= 0.3 is 0 Å². The van der Waals surface area contributed by atoms with E-state index in [0.717, 1.165) is 26.8 Å². The van der Waals surface area contributed by atoms with E-state index in [1.54, 1.807) is 16.8 Å². The summed E-state index contributed by atoms with van der Waals surface area (Å²) in [6.07, 6.45) is 0. The van der Waals surface area contributed by atoms with Crippen molar-refractivity contribution >= 4 is 58.5 Å². The topological polar surface area (TPSA) is 46.9 Å². The first-order chi connectivity index (χ1) is 12.4. The molecule has 1 aromatic heterocycles. The number of aryl methyl sites for hydroxylation is 2. The summed E-state index contributed by atoms with van der Waals surface area (Å²) in [6.45, 7) is 3.96. The molecule has 0 spiro atoms. The molecule has 0 atom stereocenters. The molecule has 134 valence electrons. The van der Waals surface area contributed by atoms with Gasteiger partial charge in [0, 0.05) is 10.7 Å². The number of rotatable bonds is 5. The number of carbonyl (C=O) groups excluding carboxylic acids is 1. The Labute approximate surface area is 170 Å². The predicted molar refractivity (Wildman–Crippen MR) is 113 cm³/mol. The molecule has 0 aliphatic heterocycles. The Bertz CT molecular complexity index is 975. The summed E-state index contributed by atoms with van der Waals surface area (Å²) in [5.41, 5.74) is 3.82. The average molecular weight is 422 g/mol. The van der Waals surface area contributed by atoms with Crippen molar-refractivity contribution in [3.63, 3.8) is 0 Å². The Balaban J connectivity index is 1.67. The van der Waals surface area contributed by atoms with E-state index in [-0.39, 0.29) is 11.7 Å². The van der Waals surface area contributed by atoms with Crippen LogP contribution >= 0.6 is 46.9 Å². The van der Waals surface area contributed by atoms with Crippen molar-refractivity contribution in [3.05, 3.63) is 62.6 Å². The molecule has 2 aromatic carbocycles. The standard InChI is InChI=1S/C18H16ClN3OS3/c1-11-4-3-5-12(2)16(11)20-15(23)10-25-17-21-22(18(24)26-17)14-8-6-13(19)7-9-14/h3-9H,10H2,1-2H3,(H,20,23). The largest absolute Gasteiger partial charge is 0.325 e. The third kappa shape index (κ3) is 4.54. The number of thioether (sulfide) groups is 1. The minimum atomic E-state index is -0.0634. The summed E-state index contributed by atoms with van der Waals surface area (Å²) in [5, 5.41) is 8.13. The van der Waals surface area contributed by atoms with Crippen LogP contribution in [0.2, 0.25) is 5.02 Å². The lowest BCUT2D eigenvalue weighted by Gasteiger charge is -2.10. The number of benzene rings is 2. The predicted octanol–water partition coefficient (Wildman–Crippen LogP) is 5.66. The van der Waals surface area contributed by atoms with Crippen molar-refractivity contribution in [2.45, 2.75) is 18.2 Å². The second-order valence-electron chi connectivity index (χ2n) is 5.63. The lowest BCUT2D eigenvalue weighted by Crippen LogP contribution is -2.15. The Morgan fingerprint density at radius 1 is 1.23 bits per heavy atom. The van der Waals surface area contributed by atoms with Crippen LogP contribution in [0.4, 0.5) is 5.69 Å². The number of hydrogen-bond acceptors (Lipinski definition) is 5. The van der Waals surface area contributed by atoms with Crippen molar-refractivity contribution in [3.8, 4) is 5.69 Å². The van der Waals surface area contributed by atoms with Gasteiger partial charge in [-0.15, -0.1) is 5.10 Å². The van der Waals surface area contributed by atoms with E-state index in [2.05, 4.69) is 10.4 Å². The highest BCUT2D eigenvalue weighted by Gasteiger charge is 2.11. The highest BCUT2D eigenvalue weighted by atomic mass is 35.5. The maximum atomic E-state index is 12.3. The molecule has 0 saturated heterocycles. The molecular weight excluding hydrogens is 406 g/mol. The van der Waals surface area contributed by atoms with Crippen molar-refractivity contribution in [2.75, 3.05) is 11.1 Å². The van der Waals surface area contributed by atoms with E-state index in [1.165, 1.54) is 23.1 Å². The molecule has 4 nitrogen and oxygen atoms in total. The number of carbonyl (C=O) groups is 1. The number of amides is 1. The van der Waals surface area contributed by atoms with Gasteiger partial charge in [-0.1, -0.05) is 52.9 Å². The monoisotopic (exact) mass is 421 g/mol. The summed E-state index contributed by atoms with van der Waals surface area (Å²) in [6, 6.07) is 13.3. The Morgan fingerprint density at radius 3 is 2.54 bits per heavy atom. The molecule has 1 N–H and O–H groups in total. The van der Waals surface area contributed by atoms with Gasteiger partial charge in [-0.05, 0) is 61.5 Å². The Hall–Kier alpha value is -1.67. The molecule has 3 aromatic rings. The molecule has 1 heterocycles. The molecule has 0 radical (unpaired) electrons. The van der Waals surface area contributed by atoms with Crippen LogP contribution in [0.3, 0.4) is 0 Å². The molecule has 0 aliphatic rings. The number of aromatic nitrogens is 2. The SMILES string of the molecule is Cc1cccc(C)c1NC(=O)CSc1nn(-c2ccc(Cl)cc2)c(=S)s1. The second kappa shape index (κ2) is 8.35. The lowest BCUT2D eigenvalue weighted by molar-refractivity contribution is -0.113. The van der Waals surface area contributed by atoms with Crippen LogP contribution in [0.1, 0.15) is 11.1 Å². The summed E-state index contributed by atoms with van der Waals surface area (Å²) < 4.78 is 3.06. The normalized spacial score (nSPS) is 10.7. The minimum absolute atomic E-state index is 0.0634. The third-order valence-electron chi connectivity index (χ3n) is 3.67. The Kier molecular flexibility index (Phi) is 6.13. The second-order valence-corrected chi connectivity index (χ2v) is 8.91. The van der Waals surface area contributed by atoms with E-state index in [0.29, 0.717) is 8.98 Å². The first-order valence-electron chi connectivity index (χ1n) is 7.79. The fraction of sp³-hybridized carbons (Fsp3) is 0.167. The van der Waals surface area contributed by atoms with Crippen LogP contribution in [0.15, 0.2) is 46.8 Å². The van der Waals surface area contributed by atoms with Crippen LogP contribution in [-0.4, -0.2) is 21.4 Å². The zero-order chi connectivity index (χ0) is 18.7. The van der Waals surface area contributed by atoms with Gasteiger partial charge in [0.15, 0.2) is 8.29 Å². The molecule has 0 saturated carbocycles. The maximum Gasteiger partial charge on any atom is 0.234 e. The lowest BCUT2D eigenvalue weighted by atomic mass is 10.1. The molecular formula is C18H16ClN3OS3. The summed E-state index contributed by atoms with van der Waals surface area (Å²) in [5.74, 6) is 0.211. The summed E-state index contributed by atoms with van der Waals surface area (Å²) >= 11 is 14.1. The molecule has 1 amide bonds. The highest BCUT2D eigenvalue weighted by Crippen LogP contribution is 2.25. The summed E-state index contributed by atoms with van der Waals surface area (Å²) in [4.78, 5) is 12.3. The van der Waals surface area contributed by atoms with Crippen molar-refractivity contribution < 1.29 is 4.79 Å². The van der Waals surface area contributed by atoms with Crippen molar-refractivity contribution in [2.24, 2.45) is 0 Å². The van der Waals surface area contributed by atoms with Gasteiger partial charge in [-0.3, -0.25) is 4.79 Å². The van der Waals surface area contributed by atoms with Gasteiger partial charge in [0.2, 0.25) is 5.91 Å². The molecule has 0 fully saturated rings. The quantitative estimate of drug-likeness (QED) is 0.426. The molecule has 26 heavy (non-hydrogen) atoms. The van der Waals surface area contributed by atoms with Crippen LogP contribution in [0, 0.1) is 17.8 Å². The van der Waals surface area contributed by atoms with Crippen LogP contribution < -0.4 is 5.32 Å². The van der Waals surface area contributed by atoms with Crippen LogP contribution in [0.5, 0.6) is 0 Å². The van der Waals surface area contributed by atoms with Gasteiger partial charge in [0.1, 0.15) is 0 Å².